The molecule has 3 aromatic rings. The van der Waals surface area contributed by atoms with Crippen molar-refractivity contribution in [1.82, 2.24) is 14.5 Å². The van der Waals surface area contributed by atoms with Crippen LogP contribution in [-0.2, 0) is 13.6 Å². The van der Waals surface area contributed by atoms with Gasteiger partial charge in [-0.25, -0.2) is 0 Å². The van der Waals surface area contributed by atoms with E-state index in [0.29, 0.717) is 6.04 Å². The highest BCUT2D eigenvalue weighted by atomic mass is 15.2. The zero-order valence-corrected chi connectivity index (χ0v) is 12.9. The lowest BCUT2D eigenvalue weighted by molar-refractivity contribution is 0.245. The molecule has 1 fully saturated rings. The van der Waals surface area contributed by atoms with Gasteiger partial charge in [-0.2, -0.15) is 0 Å². The van der Waals surface area contributed by atoms with Crippen molar-refractivity contribution in [3.8, 4) is 0 Å². The van der Waals surface area contributed by atoms with Crippen molar-refractivity contribution in [2.24, 2.45) is 7.05 Å². The Hall–Kier alpha value is -2.13. The number of hydrogen-bond donors (Lipinski definition) is 0. The average Bonchev–Trinajstić information content (AvgIpc) is 3.15. The topological polar surface area (TPSA) is 21.1 Å². The van der Waals surface area contributed by atoms with Crippen LogP contribution in [0.2, 0.25) is 0 Å². The van der Waals surface area contributed by atoms with E-state index in [2.05, 4.69) is 64.1 Å². The summed E-state index contributed by atoms with van der Waals surface area (Å²) in [6.45, 7) is 2.16. The normalized spacial score (nSPS) is 19.0. The summed E-state index contributed by atoms with van der Waals surface area (Å²) in [6, 6.07) is 15.4. The fourth-order valence-corrected chi connectivity index (χ4v) is 3.69. The van der Waals surface area contributed by atoms with E-state index in [1.54, 1.807) is 0 Å². The molecule has 0 spiro atoms. The van der Waals surface area contributed by atoms with E-state index in [9.17, 15) is 0 Å². The largest absolute Gasteiger partial charge is 0.350 e. The first-order chi connectivity index (χ1) is 10.8. The highest BCUT2D eigenvalue weighted by Gasteiger charge is 2.27. The van der Waals surface area contributed by atoms with Crippen molar-refractivity contribution < 1.29 is 0 Å². The summed E-state index contributed by atoms with van der Waals surface area (Å²) in [7, 11) is 2.13. The Morgan fingerprint density at radius 2 is 2.00 bits per heavy atom. The molecule has 0 radical (unpaired) electrons. The van der Waals surface area contributed by atoms with Gasteiger partial charge in [-0.3, -0.25) is 9.88 Å². The molecule has 1 aliphatic rings. The van der Waals surface area contributed by atoms with E-state index in [1.165, 1.54) is 35.0 Å². The standard InChI is InChI=1S/C19H21N3/c1-21-13-15(16-7-2-3-9-18(16)21)14-22-12-6-10-19(22)17-8-4-5-11-20-17/h2-5,7-9,11,13,19H,6,10,12,14H2,1H3. The Morgan fingerprint density at radius 3 is 2.86 bits per heavy atom. The lowest BCUT2D eigenvalue weighted by Crippen LogP contribution is -2.23. The number of fused-ring (bicyclic) bond motifs is 1. The van der Waals surface area contributed by atoms with Gasteiger partial charge in [0.05, 0.1) is 11.7 Å². The van der Waals surface area contributed by atoms with Crippen molar-refractivity contribution in [2.75, 3.05) is 6.54 Å². The van der Waals surface area contributed by atoms with Crippen LogP contribution >= 0.6 is 0 Å². The third-order valence-corrected chi connectivity index (χ3v) is 4.75. The molecule has 1 aliphatic heterocycles. The fourth-order valence-electron chi connectivity index (χ4n) is 3.69. The summed E-state index contributed by atoms with van der Waals surface area (Å²) >= 11 is 0. The fraction of sp³-hybridized carbons (Fsp3) is 0.316. The van der Waals surface area contributed by atoms with Gasteiger partial charge in [-0.1, -0.05) is 24.3 Å². The quantitative estimate of drug-likeness (QED) is 0.729. The molecule has 0 N–H and O–H groups in total. The second-order valence-corrected chi connectivity index (χ2v) is 6.17. The van der Waals surface area contributed by atoms with Gasteiger partial charge in [0.15, 0.2) is 0 Å². The van der Waals surface area contributed by atoms with E-state index in [0.717, 1.165) is 13.1 Å². The Labute approximate surface area is 131 Å². The molecule has 0 bridgehead atoms. The minimum absolute atomic E-state index is 0.458. The molecule has 0 amide bonds. The number of hydrogen-bond acceptors (Lipinski definition) is 2. The number of rotatable bonds is 3. The molecule has 3 heteroatoms. The summed E-state index contributed by atoms with van der Waals surface area (Å²) in [4.78, 5) is 7.15. The van der Waals surface area contributed by atoms with E-state index in [-0.39, 0.29) is 0 Å². The molecule has 1 unspecified atom stereocenters. The number of aromatic nitrogens is 2. The molecule has 22 heavy (non-hydrogen) atoms. The molecule has 0 aliphatic carbocycles. The summed E-state index contributed by atoms with van der Waals surface area (Å²) in [5.41, 5.74) is 3.94. The number of pyridine rings is 1. The maximum absolute atomic E-state index is 4.57. The van der Waals surface area contributed by atoms with Crippen molar-refractivity contribution >= 4 is 10.9 Å². The van der Waals surface area contributed by atoms with E-state index >= 15 is 0 Å². The van der Waals surface area contributed by atoms with Gasteiger partial charge in [0.1, 0.15) is 0 Å². The Bertz CT molecular complexity index is 776. The van der Waals surface area contributed by atoms with E-state index < -0.39 is 0 Å². The smallest absolute Gasteiger partial charge is 0.0575 e. The highest BCUT2D eigenvalue weighted by molar-refractivity contribution is 5.83. The number of aryl methyl sites for hydroxylation is 1. The van der Waals surface area contributed by atoms with Crippen LogP contribution in [0.3, 0.4) is 0 Å². The van der Waals surface area contributed by atoms with Crippen LogP contribution in [-0.4, -0.2) is 21.0 Å². The molecular weight excluding hydrogens is 270 g/mol. The van der Waals surface area contributed by atoms with Gasteiger partial charge in [-0.05, 0) is 43.1 Å². The van der Waals surface area contributed by atoms with Crippen LogP contribution in [0.4, 0.5) is 0 Å². The lowest BCUT2D eigenvalue weighted by atomic mass is 10.1. The molecule has 1 atom stereocenters. The Morgan fingerprint density at radius 1 is 1.14 bits per heavy atom. The third-order valence-electron chi connectivity index (χ3n) is 4.75. The number of benzene rings is 1. The minimum Gasteiger partial charge on any atom is -0.350 e. The van der Waals surface area contributed by atoms with Crippen LogP contribution in [0, 0.1) is 0 Å². The molecule has 0 saturated carbocycles. The summed E-state index contributed by atoms with van der Waals surface area (Å²) < 4.78 is 2.23. The second-order valence-electron chi connectivity index (χ2n) is 6.17. The SMILES string of the molecule is Cn1cc(CN2CCCC2c2ccccn2)c2ccccc21. The van der Waals surface area contributed by atoms with Crippen molar-refractivity contribution in [2.45, 2.75) is 25.4 Å². The maximum Gasteiger partial charge on any atom is 0.0575 e. The second kappa shape index (κ2) is 5.58. The maximum atomic E-state index is 4.57. The van der Waals surface area contributed by atoms with Gasteiger partial charge in [0, 0.05) is 36.9 Å². The zero-order chi connectivity index (χ0) is 14.9. The summed E-state index contributed by atoms with van der Waals surface area (Å²) in [6.07, 6.45) is 6.65. The van der Waals surface area contributed by atoms with E-state index in [4.69, 9.17) is 0 Å². The first-order valence-corrected chi connectivity index (χ1v) is 8.01. The lowest BCUT2D eigenvalue weighted by Gasteiger charge is -2.23. The first-order valence-electron chi connectivity index (χ1n) is 8.01. The molecule has 2 aromatic heterocycles. The summed E-state index contributed by atoms with van der Waals surface area (Å²) in [5.74, 6) is 0. The van der Waals surface area contributed by atoms with Gasteiger partial charge in [0.2, 0.25) is 0 Å². The van der Waals surface area contributed by atoms with Crippen LogP contribution in [0.1, 0.15) is 30.1 Å². The Kier molecular flexibility index (Phi) is 3.43. The molecule has 3 heterocycles. The van der Waals surface area contributed by atoms with Crippen LogP contribution in [0.15, 0.2) is 54.9 Å². The van der Waals surface area contributed by atoms with Crippen molar-refractivity contribution in [3.63, 3.8) is 0 Å². The zero-order valence-electron chi connectivity index (χ0n) is 12.9. The first kappa shape index (κ1) is 13.5. The van der Waals surface area contributed by atoms with Gasteiger partial charge in [-0.15, -0.1) is 0 Å². The van der Waals surface area contributed by atoms with Gasteiger partial charge in [0.25, 0.3) is 0 Å². The summed E-state index contributed by atoms with van der Waals surface area (Å²) in [5, 5.41) is 1.37. The predicted octanol–water partition coefficient (Wildman–Crippen LogP) is 3.91. The molecule has 3 nitrogen and oxygen atoms in total. The molecular formula is C19H21N3. The van der Waals surface area contributed by atoms with Crippen LogP contribution < -0.4 is 0 Å². The Balaban J connectivity index is 1.64. The number of para-hydroxylation sites is 1. The van der Waals surface area contributed by atoms with Crippen molar-refractivity contribution in [3.05, 3.63) is 66.1 Å². The molecule has 1 aromatic carbocycles. The molecule has 112 valence electrons. The van der Waals surface area contributed by atoms with E-state index in [1.807, 2.05) is 12.3 Å². The average molecular weight is 291 g/mol. The van der Waals surface area contributed by atoms with Crippen molar-refractivity contribution in [1.29, 1.82) is 0 Å². The number of likely N-dealkylation sites (tertiary alicyclic amines) is 1. The van der Waals surface area contributed by atoms with Gasteiger partial charge < -0.3 is 4.57 Å². The molecule has 4 rings (SSSR count). The monoisotopic (exact) mass is 291 g/mol. The predicted molar refractivity (Wildman–Crippen MR) is 89.5 cm³/mol. The molecule has 1 saturated heterocycles. The van der Waals surface area contributed by atoms with Crippen LogP contribution in [0.5, 0.6) is 0 Å². The van der Waals surface area contributed by atoms with Gasteiger partial charge >= 0.3 is 0 Å². The highest BCUT2D eigenvalue weighted by Crippen LogP contribution is 2.33. The third kappa shape index (κ3) is 2.32. The minimum atomic E-state index is 0.458. The van der Waals surface area contributed by atoms with Crippen LogP contribution in [0.25, 0.3) is 10.9 Å². The number of nitrogens with zero attached hydrogens (tertiary/aromatic N) is 3.